The van der Waals surface area contributed by atoms with Crippen molar-refractivity contribution in [3.05, 3.63) is 18.2 Å². The molecule has 18 heavy (non-hydrogen) atoms. The van der Waals surface area contributed by atoms with Gasteiger partial charge >= 0.3 is 5.97 Å². The van der Waals surface area contributed by atoms with Gasteiger partial charge in [0.15, 0.2) is 0 Å². The van der Waals surface area contributed by atoms with E-state index in [4.69, 9.17) is 15.2 Å². The van der Waals surface area contributed by atoms with Crippen molar-refractivity contribution in [1.29, 1.82) is 0 Å². The number of esters is 1. The van der Waals surface area contributed by atoms with Gasteiger partial charge in [0.2, 0.25) is 0 Å². The predicted molar refractivity (Wildman–Crippen MR) is 65.2 cm³/mol. The Morgan fingerprint density at radius 2 is 2.28 bits per heavy atom. The summed E-state index contributed by atoms with van der Waals surface area (Å²) < 4.78 is 10.3. The van der Waals surface area contributed by atoms with Gasteiger partial charge in [0, 0.05) is 11.8 Å². The molecule has 1 aliphatic rings. The van der Waals surface area contributed by atoms with E-state index >= 15 is 0 Å². The van der Waals surface area contributed by atoms with Crippen LogP contribution >= 0.6 is 0 Å². The molecular weight excluding hydrogens is 236 g/mol. The fourth-order valence-electron chi connectivity index (χ4n) is 1.64. The van der Waals surface area contributed by atoms with Crippen molar-refractivity contribution in [2.24, 2.45) is 0 Å². The largest absolute Gasteiger partial charge is 0.464 e. The van der Waals surface area contributed by atoms with Crippen LogP contribution in [0, 0.1) is 0 Å². The van der Waals surface area contributed by atoms with Crippen LogP contribution in [0.2, 0.25) is 0 Å². The Labute approximate surface area is 104 Å². The summed E-state index contributed by atoms with van der Waals surface area (Å²) in [6, 6.07) is 4.80. The molecule has 1 aromatic rings. The molecule has 1 heterocycles. The van der Waals surface area contributed by atoms with Gasteiger partial charge in [-0.15, -0.1) is 0 Å². The number of carbonyl (C=O) groups is 2. The van der Waals surface area contributed by atoms with E-state index in [-0.39, 0.29) is 6.61 Å². The molecule has 0 unspecified atom stereocenters. The third kappa shape index (κ3) is 1.85. The zero-order valence-electron chi connectivity index (χ0n) is 10.1. The van der Waals surface area contributed by atoms with E-state index in [0.29, 0.717) is 17.1 Å². The standard InChI is InChI=1S/C12H14N2O4/c1-3-17-11(16)12(2)10(15)14-8-5-4-7(13)6-9(8)18-12/h4-6H,3,13H2,1-2H3,(H,14,15)/t12-/m0/s1. The monoisotopic (exact) mass is 250 g/mol. The van der Waals surface area contributed by atoms with Crippen LogP contribution in [0.15, 0.2) is 18.2 Å². The number of hydrogen-bond acceptors (Lipinski definition) is 5. The van der Waals surface area contributed by atoms with Crippen molar-refractivity contribution in [3.63, 3.8) is 0 Å². The number of nitrogen functional groups attached to an aromatic ring is 1. The maximum Gasteiger partial charge on any atom is 0.360 e. The van der Waals surface area contributed by atoms with Crippen molar-refractivity contribution < 1.29 is 19.1 Å². The number of benzene rings is 1. The molecule has 1 atom stereocenters. The van der Waals surface area contributed by atoms with Gasteiger partial charge in [-0.2, -0.15) is 0 Å². The quantitative estimate of drug-likeness (QED) is 0.462. The lowest BCUT2D eigenvalue weighted by Gasteiger charge is -2.32. The molecule has 0 saturated carbocycles. The molecule has 96 valence electrons. The van der Waals surface area contributed by atoms with Crippen molar-refractivity contribution in [2.75, 3.05) is 17.7 Å². The van der Waals surface area contributed by atoms with Gasteiger partial charge in [-0.3, -0.25) is 4.79 Å². The van der Waals surface area contributed by atoms with Gasteiger partial charge in [0.05, 0.1) is 12.3 Å². The highest BCUT2D eigenvalue weighted by Crippen LogP contribution is 2.35. The first-order valence-electron chi connectivity index (χ1n) is 5.54. The van der Waals surface area contributed by atoms with E-state index < -0.39 is 17.5 Å². The minimum absolute atomic E-state index is 0.175. The Morgan fingerprint density at radius 1 is 1.56 bits per heavy atom. The molecule has 0 spiro atoms. The first-order valence-corrected chi connectivity index (χ1v) is 5.54. The van der Waals surface area contributed by atoms with Crippen LogP contribution in [0.3, 0.4) is 0 Å². The number of fused-ring (bicyclic) bond motifs is 1. The number of amides is 1. The second-order valence-corrected chi connectivity index (χ2v) is 4.07. The van der Waals surface area contributed by atoms with E-state index in [0.717, 1.165) is 0 Å². The molecule has 2 rings (SSSR count). The molecule has 6 nitrogen and oxygen atoms in total. The topological polar surface area (TPSA) is 90.7 Å². The number of ether oxygens (including phenoxy) is 2. The fraction of sp³-hybridized carbons (Fsp3) is 0.333. The van der Waals surface area contributed by atoms with Gasteiger partial charge < -0.3 is 20.5 Å². The predicted octanol–water partition coefficient (Wildman–Crippen LogP) is 0.921. The van der Waals surface area contributed by atoms with Crippen LogP contribution in [-0.2, 0) is 14.3 Å². The Hall–Kier alpha value is -2.24. The van der Waals surface area contributed by atoms with Crippen LogP contribution in [0.5, 0.6) is 5.75 Å². The number of nitrogens with two attached hydrogens (primary N) is 1. The lowest BCUT2D eigenvalue weighted by molar-refractivity contribution is -0.165. The zero-order valence-corrected chi connectivity index (χ0v) is 10.1. The average molecular weight is 250 g/mol. The van der Waals surface area contributed by atoms with E-state index in [1.807, 2.05) is 0 Å². The molecule has 6 heteroatoms. The molecule has 0 bridgehead atoms. The Kier molecular flexibility index (Phi) is 2.86. The lowest BCUT2D eigenvalue weighted by atomic mass is 10.0. The second kappa shape index (κ2) is 4.21. The van der Waals surface area contributed by atoms with E-state index in [2.05, 4.69) is 5.32 Å². The summed E-state index contributed by atoms with van der Waals surface area (Å²) in [4.78, 5) is 23.7. The summed E-state index contributed by atoms with van der Waals surface area (Å²) in [6.07, 6.45) is 0. The Morgan fingerprint density at radius 3 is 2.94 bits per heavy atom. The van der Waals surface area contributed by atoms with E-state index in [9.17, 15) is 9.59 Å². The van der Waals surface area contributed by atoms with Crippen LogP contribution < -0.4 is 15.8 Å². The van der Waals surface area contributed by atoms with Crippen LogP contribution in [0.4, 0.5) is 11.4 Å². The van der Waals surface area contributed by atoms with Crippen molar-refractivity contribution in [3.8, 4) is 5.75 Å². The van der Waals surface area contributed by atoms with Gasteiger partial charge in [0.1, 0.15) is 5.75 Å². The van der Waals surface area contributed by atoms with Crippen molar-refractivity contribution in [2.45, 2.75) is 19.4 Å². The summed E-state index contributed by atoms with van der Waals surface area (Å²) in [5, 5.41) is 2.60. The van der Waals surface area contributed by atoms with Gasteiger partial charge in [-0.05, 0) is 26.0 Å². The molecule has 0 fully saturated rings. The minimum atomic E-state index is -1.68. The molecule has 0 aliphatic carbocycles. The Balaban J connectivity index is 2.37. The van der Waals surface area contributed by atoms with Gasteiger partial charge in [0.25, 0.3) is 11.5 Å². The summed E-state index contributed by atoms with van der Waals surface area (Å²) in [6.45, 7) is 3.20. The average Bonchev–Trinajstić information content (AvgIpc) is 2.31. The smallest absolute Gasteiger partial charge is 0.360 e. The normalized spacial score (nSPS) is 21.6. The minimum Gasteiger partial charge on any atom is -0.464 e. The first kappa shape index (κ1) is 12.2. The molecular formula is C12H14N2O4. The number of anilines is 2. The maximum absolute atomic E-state index is 11.9. The summed E-state index contributed by atoms with van der Waals surface area (Å²) in [7, 11) is 0. The molecule has 0 saturated heterocycles. The Bertz CT molecular complexity index is 515. The molecule has 1 aliphatic heterocycles. The molecule has 3 N–H and O–H groups in total. The number of nitrogens with one attached hydrogen (secondary N) is 1. The molecule has 0 aromatic heterocycles. The first-order chi connectivity index (χ1) is 8.47. The highest BCUT2D eigenvalue weighted by molar-refractivity contribution is 6.13. The van der Waals surface area contributed by atoms with Gasteiger partial charge in [-0.25, -0.2) is 4.79 Å². The zero-order chi connectivity index (χ0) is 13.3. The fourth-order valence-corrected chi connectivity index (χ4v) is 1.64. The van der Waals surface area contributed by atoms with Gasteiger partial charge in [-0.1, -0.05) is 0 Å². The number of rotatable bonds is 2. The van der Waals surface area contributed by atoms with E-state index in [1.54, 1.807) is 25.1 Å². The SMILES string of the molecule is CCOC(=O)[C@@]1(C)Oc2cc(N)ccc2NC1=O. The van der Waals surface area contributed by atoms with Crippen molar-refractivity contribution in [1.82, 2.24) is 0 Å². The lowest BCUT2D eigenvalue weighted by Crippen LogP contribution is -2.55. The van der Waals surface area contributed by atoms with Crippen molar-refractivity contribution >= 4 is 23.3 Å². The maximum atomic E-state index is 11.9. The highest BCUT2D eigenvalue weighted by atomic mass is 16.6. The number of carbonyl (C=O) groups excluding carboxylic acids is 2. The number of hydrogen-bond donors (Lipinski definition) is 2. The summed E-state index contributed by atoms with van der Waals surface area (Å²) >= 11 is 0. The van der Waals surface area contributed by atoms with Crippen LogP contribution in [0.1, 0.15) is 13.8 Å². The van der Waals surface area contributed by atoms with Crippen LogP contribution in [-0.4, -0.2) is 24.1 Å². The van der Waals surface area contributed by atoms with E-state index in [1.165, 1.54) is 6.92 Å². The van der Waals surface area contributed by atoms with Crippen LogP contribution in [0.25, 0.3) is 0 Å². The summed E-state index contributed by atoms with van der Waals surface area (Å²) in [5.41, 5.74) is 4.91. The molecule has 1 aromatic carbocycles. The summed E-state index contributed by atoms with van der Waals surface area (Å²) in [5.74, 6) is -0.932. The highest BCUT2D eigenvalue weighted by Gasteiger charge is 2.48. The third-order valence-electron chi connectivity index (χ3n) is 2.67. The second-order valence-electron chi connectivity index (χ2n) is 4.07. The molecule has 0 radical (unpaired) electrons. The molecule has 1 amide bonds. The third-order valence-corrected chi connectivity index (χ3v) is 2.67.